The fourth-order valence-corrected chi connectivity index (χ4v) is 3.52. The second-order valence-corrected chi connectivity index (χ2v) is 6.18. The summed E-state index contributed by atoms with van der Waals surface area (Å²) >= 11 is 0. The van der Waals surface area contributed by atoms with Crippen molar-refractivity contribution in [1.29, 1.82) is 0 Å². The van der Waals surface area contributed by atoms with Gasteiger partial charge in [-0.15, -0.1) is 0 Å². The van der Waals surface area contributed by atoms with Crippen molar-refractivity contribution in [2.75, 3.05) is 36.8 Å². The maximum Gasteiger partial charge on any atom is 0.292 e. The SMILES string of the molecule is CCCN1CCC(Nc2c([N+](=O)[O-])ccc3c2CCN3)CC1. The molecule has 1 aromatic rings. The van der Waals surface area contributed by atoms with Crippen LogP contribution >= 0.6 is 0 Å². The topological polar surface area (TPSA) is 70.4 Å². The molecule has 2 aliphatic heterocycles. The van der Waals surface area contributed by atoms with Crippen LogP contribution in [0, 0.1) is 10.1 Å². The Morgan fingerprint density at radius 2 is 2.18 bits per heavy atom. The molecule has 1 saturated heterocycles. The van der Waals surface area contributed by atoms with Crippen LogP contribution in [0.15, 0.2) is 12.1 Å². The Labute approximate surface area is 131 Å². The Morgan fingerprint density at radius 1 is 1.41 bits per heavy atom. The van der Waals surface area contributed by atoms with Gasteiger partial charge in [0.1, 0.15) is 5.69 Å². The number of benzene rings is 1. The van der Waals surface area contributed by atoms with E-state index < -0.39 is 0 Å². The van der Waals surface area contributed by atoms with Gasteiger partial charge >= 0.3 is 0 Å². The van der Waals surface area contributed by atoms with Crippen molar-refractivity contribution in [3.63, 3.8) is 0 Å². The van der Waals surface area contributed by atoms with E-state index in [1.165, 1.54) is 6.42 Å². The number of anilines is 2. The molecule has 6 heteroatoms. The molecule has 0 unspecified atom stereocenters. The number of nitrogens with one attached hydrogen (secondary N) is 2. The monoisotopic (exact) mass is 304 g/mol. The molecule has 0 amide bonds. The van der Waals surface area contributed by atoms with Crippen LogP contribution in [0.1, 0.15) is 31.7 Å². The molecule has 22 heavy (non-hydrogen) atoms. The van der Waals surface area contributed by atoms with Crippen molar-refractivity contribution in [3.8, 4) is 0 Å². The maximum atomic E-state index is 11.3. The van der Waals surface area contributed by atoms with Crippen molar-refractivity contribution >= 4 is 17.1 Å². The second-order valence-electron chi connectivity index (χ2n) is 6.18. The molecule has 1 fully saturated rings. The van der Waals surface area contributed by atoms with Gasteiger partial charge in [0.15, 0.2) is 0 Å². The molecule has 2 heterocycles. The van der Waals surface area contributed by atoms with Gasteiger partial charge in [0, 0.05) is 43.0 Å². The van der Waals surface area contributed by atoms with Crippen LogP contribution in [0.5, 0.6) is 0 Å². The van der Waals surface area contributed by atoms with E-state index in [-0.39, 0.29) is 10.6 Å². The normalized spacial score (nSPS) is 18.8. The predicted molar refractivity (Wildman–Crippen MR) is 88.7 cm³/mol. The first kappa shape index (κ1) is 15.1. The van der Waals surface area contributed by atoms with Gasteiger partial charge in [-0.05, 0) is 38.3 Å². The molecule has 3 rings (SSSR count). The van der Waals surface area contributed by atoms with Gasteiger partial charge in [0.05, 0.1) is 4.92 Å². The summed E-state index contributed by atoms with van der Waals surface area (Å²) in [5.74, 6) is 0. The average molecular weight is 304 g/mol. The minimum absolute atomic E-state index is 0.207. The number of nitro benzene ring substituents is 1. The first-order valence-electron chi connectivity index (χ1n) is 8.22. The third-order valence-corrected chi connectivity index (χ3v) is 4.65. The predicted octanol–water partition coefficient (Wildman–Crippen LogP) is 2.85. The summed E-state index contributed by atoms with van der Waals surface area (Å²) in [5.41, 5.74) is 3.06. The molecular formula is C16H24N4O2. The summed E-state index contributed by atoms with van der Waals surface area (Å²) in [7, 11) is 0. The molecule has 0 atom stereocenters. The van der Waals surface area contributed by atoms with Crippen LogP contribution in [0.3, 0.4) is 0 Å². The van der Waals surface area contributed by atoms with Gasteiger partial charge in [-0.1, -0.05) is 6.92 Å². The van der Waals surface area contributed by atoms with E-state index in [1.54, 1.807) is 6.07 Å². The third-order valence-electron chi connectivity index (χ3n) is 4.65. The zero-order chi connectivity index (χ0) is 15.5. The van der Waals surface area contributed by atoms with Gasteiger partial charge < -0.3 is 15.5 Å². The van der Waals surface area contributed by atoms with E-state index in [0.717, 1.165) is 62.4 Å². The smallest absolute Gasteiger partial charge is 0.292 e. The lowest BCUT2D eigenvalue weighted by Gasteiger charge is -2.32. The summed E-state index contributed by atoms with van der Waals surface area (Å²) in [5, 5.41) is 18.1. The first-order valence-corrected chi connectivity index (χ1v) is 8.22. The Bertz CT molecular complexity index is 553. The van der Waals surface area contributed by atoms with Gasteiger partial charge in [-0.25, -0.2) is 0 Å². The minimum Gasteiger partial charge on any atom is -0.384 e. The average Bonchev–Trinajstić information content (AvgIpc) is 2.98. The van der Waals surface area contributed by atoms with Gasteiger partial charge in [0.25, 0.3) is 5.69 Å². The molecule has 6 nitrogen and oxygen atoms in total. The lowest BCUT2D eigenvalue weighted by Crippen LogP contribution is -2.39. The molecule has 0 saturated carbocycles. The van der Waals surface area contributed by atoms with Crippen molar-refractivity contribution in [2.24, 2.45) is 0 Å². The van der Waals surface area contributed by atoms with E-state index in [2.05, 4.69) is 22.5 Å². The molecule has 0 aliphatic carbocycles. The van der Waals surface area contributed by atoms with E-state index in [9.17, 15) is 10.1 Å². The van der Waals surface area contributed by atoms with Crippen LogP contribution in [0.2, 0.25) is 0 Å². The summed E-state index contributed by atoms with van der Waals surface area (Å²) in [6.45, 7) is 6.37. The third kappa shape index (κ3) is 3.02. The molecule has 120 valence electrons. The van der Waals surface area contributed by atoms with Gasteiger partial charge in [-0.3, -0.25) is 10.1 Å². The fourth-order valence-electron chi connectivity index (χ4n) is 3.52. The summed E-state index contributed by atoms with van der Waals surface area (Å²) in [6, 6.07) is 3.78. The highest BCUT2D eigenvalue weighted by molar-refractivity contribution is 5.77. The van der Waals surface area contributed by atoms with Crippen molar-refractivity contribution in [1.82, 2.24) is 4.90 Å². The molecule has 0 spiro atoms. The maximum absolute atomic E-state index is 11.3. The second kappa shape index (κ2) is 6.52. The molecular weight excluding hydrogens is 280 g/mol. The Kier molecular flexibility index (Phi) is 4.47. The number of rotatable bonds is 5. The Morgan fingerprint density at radius 3 is 2.86 bits per heavy atom. The van der Waals surface area contributed by atoms with Crippen LogP contribution < -0.4 is 10.6 Å². The Balaban J connectivity index is 1.75. The lowest BCUT2D eigenvalue weighted by molar-refractivity contribution is -0.384. The zero-order valence-corrected chi connectivity index (χ0v) is 13.1. The number of hydrogen-bond acceptors (Lipinski definition) is 5. The minimum atomic E-state index is -0.271. The molecule has 0 radical (unpaired) electrons. The zero-order valence-electron chi connectivity index (χ0n) is 13.1. The Hall–Kier alpha value is -1.82. The summed E-state index contributed by atoms with van der Waals surface area (Å²) < 4.78 is 0. The molecule has 2 aliphatic rings. The van der Waals surface area contributed by atoms with Gasteiger partial charge in [-0.2, -0.15) is 0 Å². The number of likely N-dealkylation sites (tertiary alicyclic amines) is 1. The molecule has 0 aromatic heterocycles. The van der Waals surface area contributed by atoms with Crippen LogP contribution in [0.25, 0.3) is 0 Å². The van der Waals surface area contributed by atoms with E-state index in [0.29, 0.717) is 6.04 Å². The largest absolute Gasteiger partial charge is 0.384 e. The molecule has 2 N–H and O–H groups in total. The number of nitrogens with zero attached hydrogens (tertiary/aromatic N) is 2. The van der Waals surface area contributed by atoms with Crippen molar-refractivity contribution in [2.45, 2.75) is 38.6 Å². The van der Waals surface area contributed by atoms with E-state index in [1.807, 2.05) is 6.07 Å². The highest BCUT2D eigenvalue weighted by Crippen LogP contribution is 2.37. The van der Waals surface area contributed by atoms with Crippen molar-refractivity contribution < 1.29 is 4.92 Å². The standard InChI is InChI=1S/C16H24N4O2/c1-2-9-19-10-6-12(7-11-19)18-16-13-5-8-17-14(13)3-4-15(16)20(21)22/h3-4,12,17-18H,2,5-11H2,1H3. The lowest BCUT2D eigenvalue weighted by atomic mass is 10.0. The highest BCUT2D eigenvalue weighted by Gasteiger charge is 2.27. The first-order chi connectivity index (χ1) is 10.7. The quantitative estimate of drug-likeness (QED) is 0.646. The number of piperidine rings is 1. The van der Waals surface area contributed by atoms with E-state index >= 15 is 0 Å². The fraction of sp³-hybridized carbons (Fsp3) is 0.625. The highest BCUT2D eigenvalue weighted by atomic mass is 16.6. The van der Waals surface area contributed by atoms with Crippen LogP contribution in [-0.4, -0.2) is 42.0 Å². The van der Waals surface area contributed by atoms with E-state index in [4.69, 9.17) is 0 Å². The molecule has 1 aromatic carbocycles. The molecule has 0 bridgehead atoms. The van der Waals surface area contributed by atoms with Gasteiger partial charge in [0.2, 0.25) is 0 Å². The number of nitro groups is 1. The summed E-state index contributed by atoms with van der Waals surface area (Å²) in [4.78, 5) is 13.5. The number of fused-ring (bicyclic) bond motifs is 1. The number of hydrogen-bond donors (Lipinski definition) is 2. The van der Waals surface area contributed by atoms with Crippen LogP contribution in [-0.2, 0) is 6.42 Å². The van der Waals surface area contributed by atoms with Crippen LogP contribution in [0.4, 0.5) is 17.1 Å². The van der Waals surface area contributed by atoms with Crippen molar-refractivity contribution in [3.05, 3.63) is 27.8 Å². The summed E-state index contributed by atoms with van der Waals surface area (Å²) in [6.07, 6.45) is 4.14.